The van der Waals surface area contributed by atoms with Gasteiger partial charge in [-0.3, -0.25) is 9.59 Å². The highest BCUT2D eigenvalue weighted by Gasteiger charge is 2.34. The molecule has 0 radical (unpaired) electrons. The van der Waals surface area contributed by atoms with E-state index >= 15 is 0 Å². The van der Waals surface area contributed by atoms with Gasteiger partial charge in [-0.2, -0.15) is 0 Å². The van der Waals surface area contributed by atoms with E-state index in [4.69, 9.17) is 4.74 Å². The number of nitrogens with zero attached hydrogens (tertiary/aromatic N) is 1. The van der Waals surface area contributed by atoms with Gasteiger partial charge in [0.25, 0.3) is 0 Å². The highest BCUT2D eigenvalue weighted by Crippen LogP contribution is 2.27. The van der Waals surface area contributed by atoms with Crippen molar-refractivity contribution in [1.29, 1.82) is 0 Å². The Hall–Kier alpha value is -2.04. The van der Waals surface area contributed by atoms with E-state index in [1.54, 1.807) is 4.90 Å². The Bertz CT molecular complexity index is 554. The van der Waals surface area contributed by atoms with Crippen LogP contribution in [-0.4, -0.2) is 31.0 Å². The molecule has 5 heteroatoms. The second-order valence-corrected chi connectivity index (χ2v) is 6.56. The summed E-state index contributed by atoms with van der Waals surface area (Å²) >= 11 is 0. The number of unbranched alkanes of at least 4 members (excludes halogenated alkanes) is 2. The van der Waals surface area contributed by atoms with Crippen LogP contribution >= 0.6 is 0 Å². The molecule has 2 rings (SSSR count). The van der Waals surface area contributed by atoms with E-state index in [2.05, 4.69) is 12.2 Å². The maximum Gasteiger partial charge on any atom is 0.227 e. The molecule has 2 amide bonds. The molecule has 1 atom stereocenters. The number of hydrogen-bond acceptors (Lipinski definition) is 3. The third-order valence-corrected chi connectivity index (χ3v) is 4.10. The van der Waals surface area contributed by atoms with Gasteiger partial charge in [-0.15, -0.1) is 0 Å². The highest BCUT2D eigenvalue weighted by molar-refractivity contribution is 6.00. The second-order valence-electron chi connectivity index (χ2n) is 6.56. The van der Waals surface area contributed by atoms with Crippen LogP contribution in [-0.2, 0) is 9.59 Å². The van der Waals surface area contributed by atoms with E-state index in [0.29, 0.717) is 13.1 Å². The van der Waals surface area contributed by atoms with E-state index < -0.39 is 0 Å². The smallest absolute Gasteiger partial charge is 0.227 e. The number of carbonyl (C=O) groups excluding carboxylic acids is 2. The van der Waals surface area contributed by atoms with Crippen LogP contribution in [0.25, 0.3) is 0 Å². The van der Waals surface area contributed by atoms with Crippen molar-refractivity contribution in [1.82, 2.24) is 5.32 Å². The Balaban J connectivity index is 1.90. The Kier molecular flexibility index (Phi) is 6.64. The van der Waals surface area contributed by atoms with Crippen LogP contribution in [0.4, 0.5) is 5.69 Å². The Morgan fingerprint density at radius 1 is 1.29 bits per heavy atom. The van der Waals surface area contributed by atoms with E-state index in [1.807, 2.05) is 38.1 Å². The minimum atomic E-state index is -0.259. The summed E-state index contributed by atoms with van der Waals surface area (Å²) < 4.78 is 5.61. The van der Waals surface area contributed by atoms with Crippen LogP contribution in [0.15, 0.2) is 24.3 Å². The Morgan fingerprint density at radius 2 is 2.00 bits per heavy atom. The standard InChI is InChI=1S/C19H28N2O3/c1-4-5-6-11-20-19(23)15-12-18(22)21(13-15)16-7-9-17(10-8-16)24-14(2)3/h7-10,14-15H,4-6,11-13H2,1-3H3,(H,20,23). The average Bonchev–Trinajstić information content (AvgIpc) is 2.93. The molecule has 0 saturated carbocycles. The number of carbonyl (C=O) groups is 2. The molecule has 1 fully saturated rings. The molecule has 1 heterocycles. The number of anilines is 1. The van der Waals surface area contributed by atoms with Crippen molar-refractivity contribution in [2.75, 3.05) is 18.0 Å². The van der Waals surface area contributed by atoms with Crippen LogP contribution in [0.1, 0.15) is 46.5 Å². The first kappa shape index (κ1) is 18.3. The van der Waals surface area contributed by atoms with Crippen LogP contribution in [0.2, 0.25) is 0 Å². The topological polar surface area (TPSA) is 58.6 Å². The zero-order chi connectivity index (χ0) is 17.5. The lowest BCUT2D eigenvalue weighted by molar-refractivity contribution is -0.126. The van der Waals surface area contributed by atoms with Crippen molar-refractivity contribution in [3.8, 4) is 5.75 Å². The van der Waals surface area contributed by atoms with E-state index in [-0.39, 0.29) is 30.3 Å². The monoisotopic (exact) mass is 332 g/mol. The van der Waals surface area contributed by atoms with Crippen LogP contribution in [0, 0.1) is 5.92 Å². The van der Waals surface area contributed by atoms with E-state index in [0.717, 1.165) is 30.7 Å². The molecule has 1 unspecified atom stereocenters. The molecule has 1 aliphatic rings. The minimum Gasteiger partial charge on any atom is -0.491 e. The van der Waals surface area contributed by atoms with Crippen molar-refractivity contribution in [3.05, 3.63) is 24.3 Å². The van der Waals surface area contributed by atoms with Gasteiger partial charge in [0.2, 0.25) is 11.8 Å². The molecule has 5 nitrogen and oxygen atoms in total. The molecule has 132 valence electrons. The van der Waals surface area contributed by atoms with Crippen molar-refractivity contribution in [3.63, 3.8) is 0 Å². The number of nitrogens with one attached hydrogen (secondary N) is 1. The number of benzene rings is 1. The molecule has 1 saturated heterocycles. The summed E-state index contributed by atoms with van der Waals surface area (Å²) in [5.41, 5.74) is 0.817. The fourth-order valence-corrected chi connectivity index (χ4v) is 2.84. The largest absolute Gasteiger partial charge is 0.491 e. The molecule has 0 aromatic heterocycles. The lowest BCUT2D eigenvalue weighted by Crippen LogP contribution is -2.33. The summed E-state index contributed by atoms with van der Waals surface area (Å²) in [4.78, 5) is 26.1. The molecule has 0 bridgehead atoms. The van der Waals surface area contributed by atoms with Crippen molar-refractivity contribution in [2.45, 2.75) is 52.6 Å². The zero-order valence-corrected chi connectivity index (χ0v) is 14.9. The molecular weight excluding hydrogens is 304 g/mol. The van der Waals surface area contributed by atoms with E-state index in [9.17, 15) is 9.59 Å². The molecule has 1 aliphatic heterocycles. The SMILES string of the molecule is CCCCCNC(=O)C1CC(=O)N(c2ccc(OC(C)C)cc2)C1. The average molecular weight is 332 g/mol. The first-order valence-electron chi connectivity index (χ1n) is 8.86. The fourth-order valence-electron chi connectivity index (χ4n) is 2.84. The van der Waals surface area contributed by atoms with Gasteiger partial charge in [0.05, 0.1) is 12.0 Å². The van der Waals surface area contributed by atoms with Gasteiger partial charge < -0.3 is 15.0 Å². The molecule has 0 spiro atoms. The summed E-state index contributed by atoms with van der Waals surface area (Å²) in [5.74, 6) is 0.513. The predicted molar refractivity (Wildman–Crippen MR) is 95.2 cm³/mol. The third kappa shape index (κ3) is 4.98. The van der Waals surface area contributed by atoms with E-state index in [1.165, 1.54) is 0 Å². The maximum atomic E-state index is 12.2. The third-order valence-electron chi connectivity index (χ3n) is 4.10. The lowest BCUT2D eigenvalue weighted by atomic mass is 10.1. The Labute approximate surface area is 144 Å². The Morgan fingerprint density at radius 3 is 2.62 bits per heavy atom. The maximum absolute atomic E-state index is 12.2. The number of amides is 2. The minimum absolute atomic E-state index is 0.00114. The second kappa shape index (κ2) is 8.71. The molecule has 1 aromatic rings. The summed E-state index contributed by atoms with van der Waals surface area (Å²) in [6.07, 6.45) is 3.63. The van der Waals surface area contributed by atoms with Crippen molar-refractivity contribution in [2.24, 2.45) is 5.92 Å². The lowest BCUT2D eigenvalue weighted by Gasteiger charge is -2.18. The van der Waals surface area contributed by atoms with Crippen LogP contribution in [0.3, 0.4) is 0 Å². The summed E-state index contributed by atoms with van der Waals surface area (Å²) in [6.45, 7) is 7.22. The number of hydrogen-bond donors (Lipinski definition) is 1. The van der Waals surface area contributed by atoms with Crippen molar-refractivity contribution < 1.29 is 14.3 Å². The molecule has 1 N–H and O–H groups in total. The number of rotatable bonds is 8. The van der Waals surface area contributed by atoms with Gasteiger partial charge in [-0.05, 0) is 44.5 Å². The molecule has 24 heavy (non-hydrogen) atoms. The predicted octanol–water partition coefficient (Wildman–Crippen LogP) is 3.13. The highest BCUT2D eigenvalue weighted by atomic mass is 16.5. The van der Waals surface area contributed by atoms with Crippen LogP contribution < -0.4 is 15.0 Å². The zero-order valence-electron chi connectivity index (χ0n) is 14.9. The number of ether oxygens (including phenoxy) is 1. The van der Waals surface area contributed by atoms with Gasteiger partial charge >= 0.3 is 0 Å². The normalized spacial score (nSPS) is 17.4. The summed E-state index contributed by atoms with van der Waals surface area (Å²) in [6, 6.07) is 7.47. The first-order valence-corrected chi connectivity index (χ1v) is 8.86. The molecular formula is C19H28N2O3. The first-order chi connectivity index (χ1) is 11.5. The van der Waals surface area contributed by atoms with Gasteiger partial charge in [0.1, 0.15) is 5.75 Å². The molecule has 1 aromatic carbocycles. The van der Waals surface area contributed by atoms with Crippen LogP contribution in [0.5, 0.6) is 5.75 Å². The molecule has 0 aliphatic carbocycles. The van der Waals surface area contributed by atoms with Gasteiger partial charge in [0, 0.05) is 25.2 Å². The quantitative estimate of drug-likeness (QED) is 0.744. The summed E-state index contributed by atoms with van der Waals surface area (Å²) in [5, 5.41) is 2.94. The fraction of sp³-hybridized carbons (Fsp3) is 0.579. The van der Waals surface area contributed by atoms with Gasteiger partial charge in [-0.25, -0.2) is 0 Å². The van der Waals surface area contributed by atoms with Gasteiger partial charge in [0.15, 0.2) is 0 Å². The van der Waals surface area contributed by atoms with Gasteiger partial charge in [-0.1, -0.05) is 19.8 Å². The van der Waals surface area contributed by atoms with Crippen molar-refractivity contribution >= 4 is 17.5 Å². The summed E-state index contributed by atoms with van der Waals surface area (Å²) in [7, 11) is 0.